The van der Waals surface area contributed by atoms with Gasteiger partial charge >= 0.3 is 0 Å². The van der Waals surface area contributed by atoms with Crippen molar-refractivity contribution in [1.82, 2.24) is 0 Å². The molecule has 4 nitrogen and oxygen atoms in total. The molecule has 0 spiro atoms. The van der Waals surface area contributed by atoms with Gasteiger partial charge in [-0.05, 0) is 59.7 Å². The lowest BCUT2D eigenvalue weighted by Crippen LogP contribution is -2.09. The summed E-state index contributed by atoms with van der Waals surface area (Å²) in [5.74, 6) is 1.30. The molecule has 0 aliphatic rings. The summed E-state index contributed by atoms with van der Waals surface area (Å²) in [6, 6.07) is 33.4. The first-order valence-corrected chi connectivity index (χ1v) is 11.7. The summed E-state index contributed by atoms with van der Waals surface area (Å²) < 4.78 is 11.5. The Morgan fingerprint density at radius 2 is 0.917 bits per heavy atom. The predicted molar refractivity (Wildman–Crippen MR) is 143 cm³/mol. The Morgan fingerprint density at radius 3 is 1.44 bits per heavy atom. The van der Waals surface area contributed by atoms with Gasteiger partial charge in [0, 0.05) is 11.1 Å². The second-order valence-electron chi connectivity index (χ2n) is 7.96. The van der Waals surface area contributed by atoms with E-state index in [2.05, 4.69) is 0 Å². The van der Waals surface area contributed by atoms with Gasteiger partial charge in [-0.25, -0.2) is 0 Å². The molecular formula is C32H26O4. The Balaban J connectivity index is 1.19. The van der Waals surface area contributed by atoms with Crippen LogP contribution in [0.25, 0.3) is 12.2 Å². The highest BCUT2D eigenvalue weighted by molar-refractivity contribution is 6.07. The largest absolute Gasteiger partial charge is 0.490 e. The Hall–Kier alpha value is -4.70. The quantitative estimate of drug-likeness (QED) is 0.134. The Kier molecular flexibility index (Phi) is 8.60. The molecule has 178 valence electrons. The second kappa shape index (κ2) is 12.7. The number of hydrogen-bond acceptors (Lipinski definition) is 4. The van der Waals surface area contributed by atoms with Crippen molar-refractivity contribution in [2.45, 2.75) is 0 Å². The van der Waals surface area contributed by atoms with E-state index in [1.165, 1.54) is 0 Å². The van der Waals surface area contributed by atoms with Crippen molar-refractivity contribution >= 4 is 23.7 Å². The van der Waals surface area contributed by atoms with Crippen LogP contribution in [0, 0.1) is 0 Å². The van der Waals surface area contributed by atoms with E-state index in [9.17, 15) is 9.59 Å². The lowest BCUT2D eigenvalue weighted by Gasteiger charge is -2.09. The van der Waals surface area contributed by atoms with Gasteiger partial charge in [0.05, 0.1) is 0 Å². The summed E-state index contributed by atoms with van der Waals surface area (Å²) in [6.45, 7) is 0.747. The van der Waals surface area contributed by atoms with Crippen LogP contribution in [-0.4, -0.2) is 24.8 Å². The molecule has 0 unspecified atom stereocenters. The second-order valence-corrected chi connectivity index (χ2v) is 7.96. The molecule has 0 saturated carbocycles. The molecule has 0 bridgehead atoms. The van der Waals surface area contributed by atoms with Crippen LogP contribution in [0.5, 0.6) is 11.5 Å². The third-order valence-electron chi connectivity index (χ3n) is 5.35. The summed E-state index contributed by atoms with van der Waals surface area (Å²) in [4.78, 5) is 24.5. The fourth-order valence-electron chi connectivity index (χ4n) is 3.41. The number of ether oxygens (including phenoxy) is 2. The van der Waals surface area contributed by atoms with E-state index < -0.39 is 0 Å². The number of benzene rings is 4. The minimum Gasteiger partial charge on any atom is -0.490 e. The van der Waals surface area contributed by atoms with Gasteiger partial charge in [0.1, 0.15) is 24.7 Å². The molecule has 0 amide bonds. The number of rotatable bonds is 11. The zero-order valence-corrected chi connectivity index (χ0v) is 19.7. The van der Waals surface area contributed by atoms with Gasteiger partial charge in [0.15, 0.2) is 11.6 Å². The molecule has 0 saturated heterocycles. The topological polar surface area (TPSA) is 52.6 Å². The van der Waals surface area contributed by atoms with Crippen molar-refractivity contribution in [3.8, 4) is 11.5 Å². The van der Waals surface area contributed by atoms with Crippen LogP contribution in [0.15, 0.2) is 121 Å². The molecule has 4 rings (SSSR count). The van der Waals surface area contributed by atoms with E-state index in [0.29, 0.717) is 30.1 Å². The fraction of sp³-hybridized carbons (Fsp3) is 0.0625. The van der Waals surface area contributed by atoms with Crippen LogP contribution < -0.4 is 9.47 Å². The van der Waals surface area contributed by atoms with E-state index in [-0.39, 0.29) is 11.6 Å². The molecule has 4 heteroatoms. The first-order valence-electron chi connectivity index (χ1n) is 11.7. The molecule has 0 N–H and O–H groups in total. The minimum atomic E-state index is -0.0588. The molecule has 0 aliphatic carbocycles. The summed E-state index contributed by atoms with van der Waals surface area (Å²) in [7, 11) is 0. The molecule has 36 heavy (non-hydrogen) atoms. The smallest absolute Gasteiger partial charge is 0.185 e. The summed E-state index contributed by atoms with van der Waals surface area (Å²) >= 11 is 0. The van der Waals surface area contributed by atoms with Crippen molar-refractivity contribution in [3.63, 3.8) is 0 Å². The van der Waals surface area contributed by atoms with Gasteiger partial charge in [-0.3, -0.25) is 9.59 Å². The molecule has 4 aromatic carbocycles. The van der Waals surface area contributed by atoms with Crippen molar-refractivity contribution in [2.75, 3.05) is 13.2 Å². The van der Waals surface area contributed by atoms with Crippen molar-refractivity contribution in [3.05, 3.63) is 144 Å². The molecule has 0 atom stereocenters. The van der Waals surface area contributed by atoms with E-state index in [1.807, 2.05) is 72.8 Å². The average molecular weight is 475 g/mol. The van der Waals surface area contributed by atoms with Crippen LogP contribution in [0.3, 0.4) is 0 Å². The van der Waals surface area contributed by atoms with Crippen molar-refractivity contribution in [2.24, 2.45) is 0 Å². The van der Waals surface area contributed by atoms with Crippen LogP contribution in [0.2, 0.25) is 0 Å². The standard InChI is InChI=1S/C32H26O4/c33-31(27-9-5-2-6-10-27)22-14-26-11-17-29(18-12-26)35-23-24-36-30-19-15-28(16-20-30)32(34)21-13-25-7-3-1-4-8-25/h1-22H,23-24H2/b21-13-,22-14+. The van der Waals surface area contributed by atoms with Crippen molar-refractivity contribution < 1.29 is 19.1 Å². The minimum absolute atomic E-state index is 0.0332. The molecule has 0 radical (unpaired) electrons. The number of ketones is 2. The summed E-state index contributed by atoms with van der Waals surface area (Å²) in [5, 5.41) is 0. The molecule has 4 aromatic rings. The van der Waals surface area contributed by atoms with Gasteiger partial charge in [0.2, 0.25) is 0 Å². The number of hydrogen-bond donors (Lipinski definition) is 0. The molecule has 0 aliphatic heterocycles. The SMILES string of the molecule is O=C(/C=C\c1ccccc1)c1ccc(OCCOc2ccc(/C=C/C(=O)c3ccccc3)cc2)cc1. The number of carbonyl (C=O) groups is 2. The zero-order valence-electron chi connectivity index (χ0n) is 19.7. The van der Waals surface area contributed by atoms with Crippen LogP contribution >= 0.6 is 0 Å². The average Bonchev–Trinajstić information content (AvgIpc) is 2.94. The third kappa shape index (κ3) is 7.40. The Labute approximate surface area is 211 Å². The van der Waals surface area contributed by atoms with E-state index in [4.69, 9.17) is 9.47 Å². The van der Waals surface area contributed by atoms with Crippen LogP contribution in [0.4, 0.5) is 0 Å². The van der Waals surface area contributed by atoms with Gasteiger partial charge in [-0.2, -0.15) is 0 Å². The van der Waals surface area contributed by atoms with E-state index in [1.54, 1.807) is 60.7 Å². The van der Waals surface area contributed by atoms with E-state index >= 15 is 0 Å². The van der Waals surface area contributed by atoms with Gasteiger partial charge in [0.25, 0.3) is 0 Å². The fourth-order valence-corrected chi connectivity index (χ4v) is 3.41. The highest BCUT2D eigenvalue weighted by atomic mass is 16.5. The normalized spacial score (nSPS) is 11.0. The maximum Gasteiger partial charge on any atom is 0.185 e. The first-order chi connectivity index (χ1) is 17.7. The van der Waals surface area contributed by atoms with Crippen LogP contribution in [0.1, 0.15) is 31.8 Å². The van der Waals surface area contributed by atoms with Crippen LogP contribution in [-0.2, 0) is 0 Å². The molecule has 0 aromatic heterocycles. The highest BCUT2D eigenvalue weighted by Gasteiger charge is 2.03. The zero-order chi connectivity index (χ0) is 25.0. The first kappa shape index (κ1) is 24.4. The number of allylic oxidation sites excluding steroid dienone is 2. The van der Waals surface area contributed by atoms with E-state index in [0.717, 1.165) is 16.9 Å². The molecule has 0 heterocycles. The predicted octanol–water partition coefficient (Wildman–Crippen LogP) is 6.94. The Bertz CT molecular complexity index is 1320. The van der Waals surface area contributed by atoms with Gasteiger partial charge in [-0.15, -0.1) is 0 Å². The van der Waals surface area contributed by atoms with Gasteiger partial charge < -0.3 is 9.47 Å². The van der Waals surface area contributed by atoms with Crippen molar-refractivity contribution in [1.29, 1.82) is 0 Å². The Morgan fingerprint density at radius 1 is 0.500 bits per heavy atom. The maximum atomic E-state index is 12.3. The highest BCUT2D eigenvalue weighted by Crippen LogP contribution is 2.16. The lowest BCUT2D eigenvalue weighted by molar-refractivity contribution is 0.103. The maximum absolute atomic E-state index is 12.3. The lowest BCUT2D eigenvalue weighted by atomic mass is 10.1. The van der Waals surface area contributed by atoms with Gasteiger partial charge in [-0.1, -0.05) is 84.9 Å². The third-order valence-corrected chi connectivity index (χ3v) is 5.35. The number of carbonyl (C=O) groups excluding carboxylic acids is 2. The molecular weight excluding hydrogens is 448 g/mol. The molecule has 0 fully saturated rings. The summed E-state index contributed by atoms with van der Waals surface area (Å²) in [5.41, 5.74) is 3.16. The summed E-state index contributed by atoms with van der Waals surface area (Å²) in [6.07, 6.45) is 6.73. The monoisotopic (exact) mass is 474 g/mol.